The van der Waals surface area contributed by atoms with Gasteiger partial charge in [0.05, 0.1) is 12.2 Å². The monoisotopic (exact) mass is 328 g/mol. The minimum absolute atomic E-state index is 0.271. The molecule has 0 bridgehead atoms. The second kappa shape index (κ2) is 6.12. The Morgan fingerprint density at radius 1 is 1.25 bits per heavy atom. The molecule has 0 unspecified atom stereocenters. The van der Waals surface area contributed by atoms with Gasteiger partial charge in [-0.1, -0.05) is 0 Å². The lowest BCUT2D eigenvalue weighted by Gasteiger charge is -2.15. The van der Waals surface area contributed by atoms with Gasteiger partial charge in [-0.2, -0.15) is 5.10 Å². The normalized spacial score (nSPS) is 21.1. The molecular formula is C17H24N6O. The number of aromatic nitrogens is 4. The van der Waals surface area contributed by atoms with Crippen molar-refractivity contribution >= 4 is 17.1 Å². The van der Waals surface area contributed by atoms with Gasteiger partial charge in [-0.3, -0.25) is 4.79 Å². The van der Waals surface area contributed by atoms with E-state index in [2.05, 4.69) is 29.0 Å². The molecule has 2 fully saturated rings. The fourth-order valence-corrected chi connectivity index (χ4v) is 3.42. The first-order valence-electron chi connectivity index (χ1n) is 8.74. The number of nitrogens with zero attached hydrogens (tertiary/aromatic N) is 6. The number of amides is 1. The molecule has 1 aliphatic heterocycles. The van der Waals surface area contributed by atoms with E-state index >= 15 is 0 Å². The third kappa shape index (κ3) is 2.88. The Hall–Kier alpha value is -2.02. The van der Waals surface area contributed by atoms with Crippen LogP contribution >= 0.6 is 0 Å². The molecule has 1 atom stereocenters. The molecule has 4 rings (SSSR count). The number of hydrogen-bond acceptors (Lipinski definition) is 5. The first-order valence-corrected chi connectivity index (χ1v) is 8.74. The minimum atomic E-state index is 0.271. The molecule has 0 radical (unpaired) electrons. The highest BCUT2D eigenvalue weighted by atomic mass is 16.2. The molecule has 2 aliphatic rings. The van der Waals surface area contributed by atoms with Gasteiger partial charge in [0.2, 0.25) is 5.91 Å². The third-order valence-electron chi connectivity index (χ3n) is 4.97. The molecule has 128 valence electrons. The Bertz CT molecular complexity index is 751. The molecule has 2 aromatic rings. The van der Waals surface area contributed by atoms with Crippen LogP contribution in [-0.4, -0.2) is 69.2 Å². The predicted molar refractivity (Wildman–Crippen MR) is 90.5 cm³/mol. The molecule has 7 heteroatoms. The van der Waals surface area contributed by atoms with Gasteiger partial charge in [0.15, 0.2) is 5.65 Å². The van der Waals surface area contributed by atoms with Crippen LogP contribution in [-0.2, 0) is 11.3 Å². The number of rotatable bonds is 5. The molecule has 24 heavy (non-hydrogen) atoms. The van der Waals surface area contributed by atoms with E-state index in [1.165, 1.54) is 0 Å². The van der Waals surface area contributed by atoms with Crippen LogP contribution in [0.2, 0.25) is 0 Å². The second-order valence-corrected chi connectivity index (χ2v) is 7.18. The second-order valence-electron chi connectivity index (χ2n) is 7.18. The van der Waals surface area contributed by atoms with Crippen molar-refractivity contribution in [1.82, 2.24) is 29.5 Å². The highest BCUT2D eigenvalue weighted by Crippen LogP contribution is 2.35. The molecule has 1 aliphatic carbocycles. The Kier molecular flexibility index (Phi) is 3.96. The summed E-state index contributed by atoms with van der Waals surface area (Å²) in [6.45, 7) is 3.31. The van der Waals surface area contributed by atoms with Crippen molar-refractivity contribution in [3.63, 3.8) is 0 Å². The van der Waals surface area contributed by atoms with E-state index in [1.54, 1.807) is 12.4 Å². The maximum atomic E-state index is 12.3. The van der Waals surface area contributed by atoms with E-state index in [4.69, 9.17) is 5.10 Å². The molecule has 0 N–H and O–H groups in total. The van der Waals surface area contributed by atoms with Crippen LogP contribution in [0, 0.1) is 5.92 Å². The zero-order valence-corrected chi connectivity index (χ0v) is 14.4. The number of likely N-dealkylation sites (tertiary alicyclic amines) is 1. The molecule has 3 heterocycles. The number of fused-ring (bicyclic) bond motifs is 1. The number of carbonyl (C=O) groups excluding carboxylic acids is 1. The van der Waals surface area contributed by atoms with Crippen molar-refractivity contribution in [3.8, 4) is 0 Å². The van der Waals surface area contributed by atoms with Gasteiger partial charge in [0.1, 0.15) is 5.52 Å². The molecule has 0 aromatic carbocycles. The van der Waals surface area contributed by atoms with Crippen LogP contribution in [0.25, 0.3) is 11.2 Å². The summed E-state index contributed by atoms with van der Waals surface area (Å²) in [5.41, 5.74) is 2.74. The van der Waals surface area contributed by atoms with E-state index in [-0.39, 0.29) is 11.8 Å². The minimum Gasteiger partial charge on any atom is -0.342 e. The van der Waals surface area contributed by atoms with Crippen molar-refractivity contribution in [2.45, 2.75) is 31.7 Å². The Labute approximate surface area is 141 Å². The predicted octanol–water partition coefficient (Wildman–Crippen LogP) is 1.11. The third-order valence-corrected chi connectivity index (χ3v) is 4.97. The summed E-state index contributed by atoms with van der Waals surface area (Å²) in [5.74, 6) is 0.894. The maximum absolute atomic E-state index is 12.3. The van der Waals surface area contributed by atoms with Crippen LogP contribution in [0.5, 0.6) is 0 Å². The zero-order chi connectivity index (χ0) is 16.7. The zero-order valence-electron chi connectivity index (χ0n) is 14.4. The quantitative estimate of drug-likeness (QED) is 0.823. The lowest BCUT2D eigenvalue weighted by molar-refractivity contribution is -0.131. The van der Waals surface area contributed by atoms with Crippen LogP contribution < -0.4 is 0 Å². The van der Waals surface area contributed by atoms with Gasteiger partial charge in [0, 0.05) is 43.9 Å². The molecule has 1 saturated carbocycles. The van der Waals surface area contributed by atoms with E-state index in [1.807, 2.05) is 9.58 Å². The topological polar surface area (TPSA) is 67.2 Å². The molecule has 0 spiro atoms. The largest absolute Gasteiger partial charge is 0.342 e. The Balaban J connectivity index is 1.58. The Morgan fingerprint density at radius 2 is 2.04 bits per heavy atom. The van der Waals surface area contributed by atoms with Crippen molar-refractivity contribution < 1.29 is 4.79 Å². The molecule has 2 aromatic heterocycles. The smallest absolute Gasteiger partial charge is 0.225 e. The molecular weight excluding hydrogens is 304 g/mol. The van der Waals surface area contributed by atoms with Crippen LogP contribution in [0.15, 0.2) is 12.4 Å². The fourth-order valence-electron chi connectivity index (χ4n) is 3.42. The average Bonchev–Trinajstić information content (AvgIpc) is 3.20. The van der Waals surface area contributed by atoms with Crippen molar-refractivity contribution in [2.75, 3.05) is 33.7 Å². The molecule has 1 amide bonds. The lowest BCUT2D eigenvalue weighted by Crippen LogP contribution is -2.29. The van der Waals surface area contributed by atoms with Gasteiger partial charge >= 0.3 is 0 Å². The van der Waals surface area contributed by atoms with Crippen LogP contribution in [0.4, 0.5) is 0 Å². The van der Waals surface area contributed by atoms with Crippen molar-refractivity contribution in [3.05, 3.63) is 18.1 Å². The fraction of sp³-hybridized carbons (Fsp3) is 0.647. The van der Waals surface area contributed by atoms with Crippen LogP contribution in [0.1, 0.15) is 30.9 Å². The highest BCUT2D eigenvalue weighted by molar-refractivity contribution is 5.81. The van der Waals surface area contributed by atoms with Gasteiger partial charge in [-0.25, -0.2) is 14.6 Å². The molecule has 1 saturated heterocycles. The van der Waals surface area contributed by atoms with Gasteiger partial charge in [0.25, 0.3) is 0 Å². The summed E-state index contributed by atoms with van der Waals surface area (Å²) >= 11 is 0. The number of hydrogen-bond donors (Lipinski definition) is 0. The number of likely N-dealkylation sites (N-methyl/N-ethyl adjacent to an activating group) is 1. The van der Waals surface area contributed by atoms with E-state index in [9.17, 15) is 4.79 Å². The maximum Gasteiger partial charge on any atom is 0.225 e. The van der Waals surface area contributed by atoms with Crippen LogP contribution in [0.3, 0.4) is 0 Å². The first kappa shape index (κ1) is 15.5. The molecule has 7 nitrogen and oxygen atoms in total. The lowest BCUT2D eigenvalue weighted by atomic mass is 10.0. The van der Waals surface area contributed by atoms with E-state index in [0.29, 0.717) is 5.91 Å². The van der Waals surface area contributed by atoms with Crippen molar-refractivity contribution in [2.24, 2.45) is 5.92 Å². The van der Waals surface area contributed by atoms with E-state index < -0.39 is 0 Å². The summed E-state index contributed by atoms with van der Waals surface area (Å²) in [7, 11) is 4.10. The summed E-state index contributed by atoms with van der Waals surface area (Å²) in [4.78, 5) is 25.5. The first-order chi connectivity index (χ1) is 11.6. The van der Waals surface area contributed by atoms with E-state index in [0.717, 1.165) is 62.3 Å². The summed E-state index contributed by atoms with van der Waals surface area (Å²) < 4.78 is 1.96. The Morgan fingerprint density at radius 3 is 2.79 bits per heavy atom. The van der Waals surface area contributed by atoms with Gasteiger partial charge in [-0.15, -0.1) is 0 Å². The summed E-state index contributed by atoms with van der Waals surface area (Å²) in [6.07, 6.45) is 6.54. The van der Waals surface area contributed by atoms with Crippen molar-refractivity contribution in [1.29, 1.82) is 0 Å². The van der Waals surface area contributed by atoms with Gasteiger partial charge in [-0.05, 0) is 33.4 Å². The number of carbonyl (C=O) groups is 1. The standard InChI is InChI=1S/C17H24N6O/c1-21(2)9-10-23-16-15(18-6-7-19-16)14(20-23)13-5-8-22(11-13)17(24)12-3-4-12/h6-7,12-13H,3-5,8-11H2,1-2H3/t13-/m0/s1. The SMILES string of the molecule is CN(C)CCn1nc([C@H]2CCN(C(=O)C3CC3)C2)c2nccnc21. The van der Waals surface area contributed by atoms with Gasteiger partial charge < -0.3 is 9.80 Å². The average molecular weight is 328 g/mol. The summed E-state index contributed by atoms with van der Waals surface area (Å²) in [6, 6.07) is 0. The highest BCUT2D eigenvalue weighted by Gasteiger charge is 2.38. The summed E-state index contributed by atoms with van der Waals surface area (Å²) in [5, 5.41) is 4.82.